The van der Waals surface area contributed by atoms with Gasteiger partial charge in [0.05, 0.1) is 11.6 Å². The maximum atomic E-state index is 12.2. The van der Waals surface area contributed by atoms with Crippen LogP contribution < -0.4 is 10.5 Å². The Labute approximate surface area is 131 Å². The number of hydrogen-bond acceptors (Lipinski definition) is 4. The fourth-order valence-corrected chi connectivity index (χ4v) is 3.19. The average Bonchev–Trinajstić information content (AvgIpc) is 2.42. The summed E-state index contributed by atoms with van der Waals surface area (Å²) in [5.74, 6) is 0.569. The second-order valence-electron chi connectivity index (χ2n) is 5.16. The van der Waals surface area contributed by atoms with E-state index in [-0.39, 0.29) is 23.0 Å². The molecule has 0 amide bonds. The van der Waals surface area contributed by atoms with E-state index in [1.807, 2.05) is 0 Å². The third-order valence-corrected chi connectivity index (χ3v) is 4.84. The molecule has 1 aromatic rings. The van der Waals surface area contributed by atoms with Crippen LogP contribution in [0.2, 0.25) is 5.02 Å². The van der Waals surface area contributed by atoms with Gasteiger partial charge < -0.3 is 10.5 Å². The van der Waals surface area contributed by atoms with Crippen LogP contribution in [0.15, 0.2) is 23.1 Å². The number of halogens is 1. The Balaban J connectivity index is 2.54. The van der Waals surface area contributed by atoms with Gasteiger partial charge in [0, 0.05) is 19.7 Å². The lowest BCUT2D eigenvalue weighted by Crippen LogP contribution is -2.28. The number of nitrogens with one attached hydrogen (secondary N) is 1. The van der Waals surface area contributed by atoms with E-state index in [9.17, 15) is 8.42 Å². The minimum atomic E-state index is -3.64. The zero-order chi connectivity index (χ0) is 15.9. The van der Waals surface area contributed by atoms with E-state index in [2.05, 4.69) is 18.6 Å². The van der Waals surface area contributed by atoms with Gasteiger partial charge in [0.1, 0.15) is 4.90 Å². The van der Waals surface area contributed by atoms with Gasteiger partial charge in [-0.05, 0) is 30.0 Å². The van der Waals surface area contributed by atoms with Crippen LogP contribution in [0.4, 0.5) is 0 Å². The van der Waals surface area contributed by atoms with Crippen LogP contribution >= 0.6 is 11.6 Å². The monoisotopic (exact) mass is 334 g/mol. The Morgan fingerprint density at radius 1 is 1.33 bits per heavy atom. The highest BCUT2D eigenvalue weighted by Crippen LogP contribution is 2.22. The third-order valence-electron chi connectivity index (χ3n) is 2.90. The topological polar surface area (TPSA) is 81.4 Å². The summed E-state index contributed by atoms with van der Waals surface area (Å²) in [6, 6.07) is 4.73. The minimum Gasteiger partial charge on any atom is -0.380 e. The molecule has 1 aromatic carbocycles. The van der Waals surface area contributed by atoms with Crippen molar-refractivity contribution in [1.29, 1.82) is 0 Å². The number of ether oxygens (including phenoxy) is 1. The van der Waals surface area contributed by atoms with Crippen molar-refractivity contribution >= 4 is 21.6 Å². The van der Waals surface area contributed by atoms with Crippen molar-refractivity contribution in [2.24, 2.45) is 11.7 Å². The Morgan fingerprint density at radius 3 is 2.67 bits per heavy atom. The van der Waals surface area contributed by atoms with Crippen LogP contribution in [0, 0.1) is 5.92 Å². The van der Waals surface area contributed by atoms with Gasteiger partial charge in [-0.2, -0.15) is 0 Å². The summed E-state index contributed by atoms with van der Waals surface area (Å²) in [4.78, 5) is 0.0503. The summed E-state index contributed by atoms with van der Waals surface area (Å²) in [6.45, 7) is 5.65. The van der Waals surface area contributed by atoms with E-state index in [4.69, 9.17) is 22.1 Å². The number of hydrogen-bond donors (Lipinski definition) is 2. The zero-order valence-electron chi connectivity index (χ0n) is 12.4. The van der Waals surface area contributed by atoms with Gasteiger partial charge in [-0.15, -0.1) is 0 Å². The van der Waals surface area contributed by atoms with Gasteiger partial charge in [-0.25, -0.2) is 13.1 Å². The minimum absolute atomic E-state index is 0.0503. The number of rotatable bonds is 9. The molecule has 21 heavy (non-hydrogen) atoms. The van der Waals surface area contributed by atoms with Crippen LogP contribution in [0.25, 0.3) is 0 Å². The zero-order valence-corrected chi connectivity index (χ0v) is 14.0. The summed E-state index contributed by atoms with van der Waals surface area (Å²) in [6.07, 6.45) is 0.955. The van der Waals surface area contributed by atoms with Crippen molar-refractivity contribution < 1.29 is 13.2 Å². The molecule has 120 valence electrons. The fraction of sp³-hybridized carbons (Fsp3) is 0.571. The molecule has 0 radical (unpaired) electrons. The lowest BCUT2D eigenvalue weighted by Gasteiger charge is -2.10. The maximum absolute atomic E-state index is 12.2. The summed E-state index contributed by atoms with van der Waals surface area (Å²) >= 11 is 5.94. The van der Waals surface area contributed by atoms with Crippen LogP contribution in [-0.4, -0.2) is 28.2 Å². The fourth-order valence-electron chi connectivity index (χ4n) is 1.63. The van der Waals surface area contributed by atoms with Gasteiger partial charge in [-0.1, -0.05) is 31.5 Å². The molecular weight excluding hydrogens is 312 g/mol. The first-order valence-electron chi connectivity index (χ1n) is 6.92. The van der Waals surface area contributed by atoms with E-state index < -0.39 is 10.0 Å². The molecule has 0 heterocycles. The lowest BCUT2D eigenvalue weighted by molar-refractivity contribution is 0.128. The van der Waals surface area contributed by atoms with E-state index in [1.165, 1.54) is 12.1 Å². The van der Waals surface area contributed by atoms with Gasteiger partial charge in [0.2, 0.25) is 10.0 Å². The van der Waals surface area contributed by atoms with E-state index >= 15 is 0 Å². The van der Waals surface area contributed by atoms with E-state index in [0.717, 1.165) is 6.42 Å². The van der Waals surface area contributed by atoms with Gasteiger partial charge in [-0.3, -0.25) is 0 Å². The summed E-state index contributed by atoms with van der Waals surface area (Å²) in [7, 11) is -3.64. The molecule has 0 atom stereocenters. The smallest absolute Gasteiger partial charge is 0.242 e. The van der Waals surface area contributed by atoms with Crippen LogP contribution in [-0.2, 0) is 21.3 Å². The van der Waals surface area contributed by atoms with E-state index in [1.54, 1.807) is 6.07 Å². The second kappa shape index (κ2) is 8.70. The number of benzene rings is 1. The molecule has 0 aliphatic rings. The van der Waals surface area contributed by atoms with Crippen LogP contribution in [0.3, 0.4) is 0 Å². The normalized spacial score (nSPS) is 12.0. The summed E-state index contributed by atoms with van der Waals surface area (Å²) in [5, 5.41) is 0.181. The van der Waals surface area contributed by atoms with E-state index in [0.29, 0.717) is 24.7 Å². The summed E-state index contributed by atoms with van der Waals surface area (Å²) < 4.78 is 32.2. The van der Waals surface area contributed by atoms with Crippen molar-refractivity contribution in [1.82, 2.24) is 4.72 Å². The number of sulfonamides is 1. The van der Waals surface area contributed by atoms with Gasteiger partial charge >= 0.3 is 0 Å². The molecule has 0 saturated carbocycles. The van der Waals surface area contributed by atoms with Crippen molar-refractivity contribution in [2.45, 2.75) is 31.7 Å². The first kappa shape index (κ1) is 18.4. The highest BCUT2D eigenvalue weighted by atomic mass is 35.5. The molecule has 0 spiro atoms. The second-order valence-corrected chi connectivity index (χ2v) is 7.30. The van der Waals surface area contributed by atoms with Gasteiger partial charge in [0.15, 0.2) is 0 Å². The molecule has 1 rings (SSSR count). The van der Waals surface area contributed by atoms with Crippen molar-refractivity contribution in [3.8, 4) is 0 Å². The predicted molar refractivity (Wildman–Crippen MR) is 84.8 cm³/mol. The summed E-state index contributed by atoms with van der Waals surface area (Å²) in [5.41, 5.74) is 6.23. The highest BCUT2D eigenvalue weighted by Gasteiger charge is 2.17. The average molecular weight is 335 g/mol. The number of nitrogens with two attached hydrogens (primary N) is 1. The molecule has 0 aromatic heterocycles. The lowest BCUT2D eigenvalue weighted by atomic mass is 10.1. The molecule has 0 aliphatic heterocycles. The Hall–Kier alpha value is -0.660. The Bertz CT molecular complexity index is 547. The van der Waals surface area contributed by atoms with Crippen LogP contribution in [0.5, 0.6) is 0 Å². The van der Waals surface area contributed by atoms with Gasteiger partial charge in [0.25, 0.3) is 0 Å². The first-order chi connectivity index (χ1) is 9.86. The van der Waals surface area contributed by atoms with Crippen molar-refractivity contribution in [2.75, 3.05) is 19.8 Å². The molecule has 7 heteroatoms. The molecular formula is C14H23ClN2O3S. The molecule has 3 N–H and O–H groups in total. The van der Waals surface area contributed by atoms with Crippen molar-refractivity contribution in [3.63, 3.8) is 0 Å². The largest absolute Gasteiger partial charge is 0.380 e. The molecule has 0 aliphatic carbocycles. The molecule has 0 fully saturated rings. The Morgan fingerprint density at radius 2 is 2.05 bits per heavy atom. The third kappa shape index (κ3) is 6.32. The predicted octanol–water partition coefficient (Wildman–Crippen LogP) is 2.14. The molecule has 0 unspecified atom stereocenters. The highest BCUT2D eigenvalue weighted by molar-refractivity contribution is 7.89. The molecule has 0 saturated heterocycles. The quantitative estimate of drug-likeness (QED) is 0.678. The molecule has 5 nitrogen and oxygen atoms in total. The Kier molecular flexibility index (Phi) is 7.62. The van der Waals surface area contributed by atoms with Crippen molar-refractivity contribution in [3.05, 3.63) is 28.8 Å². The standard InChI is InChI=1S/C14H23ClN2O3S/c1-11(2)5-7-20-8-6-17-21(18,19)14-9-12(10-16)3-4-13(14)15/h3-4,9,11,17H,5-8,10,16H2,1-2H3. The SMILES string of the molecule is CC(C)CCOCCNS(=O)(=O)c1cc(CN)ccc1Cl. The van der Waals surface area contributed by atoms with Crippen LogP contribution in [0.1, 0.15) is 25.8 Å². The maximum Gasteiger partial charge on any atom is 0.242 e. The molecule has 0 bridgehead atoms. The first-order valence-corrected chi connectivity index (χ1v) is 8.79.